The summed E-state index contributed by atoms with van der Waals surface area (Å²) in [7, 11) is 1.89. The van der Waals surface area contributed by atoms with Gasteiger partial charge in [-0.3, -0.25) is 4.79 Å². The van der Waals surface area contributed by atoms with Crippen LogP contribution >= 0.6 is 11.6 Å². The van der Waals surface area contributed by atoms with E-state index in [1.54, 1.807) is 36.5 Å². The smallest absolute Gasteiger partial charge is 0.252 e. The normalized spacial score (nSPS) is 11.7. The zero-order chi connectivity index (χ0) is 20.9. The Morgan fingerprint density at radius 1 is 1.00 bits per heavy atom. The van der Waals surface area contributed by atoms with Crippen LogP contribution in [-0.4, -0.2) is 15.5 Å². The van der Waals surface area contributed by atoms with Crippen LogP contribution in [0.2, 0.25) is 5.02 Å². The van der Waals surface area contributed by atoms with Crippen LogP contribution < -0.4 is 10.1 Å². The van der Waals surface area contributed by atoms with Gasteiger partial charge >= 0.3 is 0 Å². The summed E-state index contributed by atoms with van der Waals surface area (Å²) in [6.07, 6.45) is 3.55. The molecule has 3 aromatic carbocycles. The lowest BCUT2D eigenvalue weighted by atomic mass is 10.1. The largest absolute Gasteiger partial charge is 0.457 e. The van der Waals surface area contributed by atoms with Crippen molar-refractivity contribution in [3.63, 3.8) is 0 Å². The maximum absolute atomic E-state index is 13.1. The van der Waals surface area contributed by atoms with E-state index in [4.69, 9.17) is 16.3 Å². The maximum Gasteiger partial charge on any atom is 0.252 e. The molecule has 1 N–H and O–H groups in total. The van der Waals surface area contributed by atoms with Gasteiger partial charge in [-0.2, -0.15) is 0 Å². The molecule has 30 heavy (non-hydrogen) atoms. The van der Waals surface area contributed by atoms with Crippen molar-refractivity contribution in [3.05, 3.63) is 113 Å². The topological polar surface area (TPSA) is 56.2 Å². The minimum Gasteiger partial charge on any atom is -0.457 e. The van der Waals surface area contributed by atoms with E-state index in [1.807, 2.05) is 66.3 Å². The van der Waals surface area contributed by atoms with Gasteiger partial charge < -0.3 is 14.6 Å². The Balaban J connectivity index is 1.59. The first-order valence-electron chi connectivity index (χ1n) is 9.46. The molecule has 5 nitrogen and oxygen atoms in total. The molecule has 0 radical (unpaired) electrons. The highest BCUT2D eigenvalue weighted by molar-refractivity contribution is 6.30. The Kier molecular flexibility index (Phi) is 5.82. The molecule has 150 valence electrons. The first-order chi connectivity index (χ1) is 14.6. The predicted octanol–water partition coefficient (Wildman–Crippen LogP) is 5.39. The molecule has 0 saturated carbocycles. The molecule has 1 atom stereocenters. The van der Waals surface area contributed by atoms with Gasteiger partial charge in [0.1, 0.15) is 23.4 Å². The van der Waals surface area contributed by atoms with Crippen molar-refractivity contribution >= 4 is 17.5 Å². The molecular weight excluding hydrogens is 398 g/mol. The first kappa shape index (κ1) is 19.7. The number of nitrogens with zero attached hydrogens (tertiary/aromatic N) is 2. The molecule has 1 heterocycles. The van der Waals surface area contributed by atoms with Crippen molar-refractivity contribution in [2.45, 2.75) is 6.04 Å². The van der Waals surface area contributed by atoms with Crippen LogP contribution in [0.1, 0.15) is 27.8 Å². The van der Waals surface area contributed by atoms with Gasteiger partial charge in [0.05, 0.1) is 0 Å². The Hall–Kier alpha value is -3.57. The van der Waals surface area contributed by atoms with Gasteiger partial charge in [-0.25, -0.2) is 4.98 Å². The summed E-state index contributed by atoms with van der Waals surface area (Å²) in [5, 5.41) is 3.72. The molecular formula is C24H20ClN3O2. The molecule has 0 aliphatic rings. The van der Waals surface area contributed by atoms with Crippen molar-refractivity contribution in [2.75, 3.05) is 0 Å². The van der Waals surface area contributed by atoms with E-state index < -0.39 is 6.04 Å². The molecule has 0 spiro atoms. The minimum absolute atomic E-state index is 0.225. The molecule has 0 saturated heterocycles. The van der Waals surface area contributed by atoms with Crippen molar-refractivity contribution in [1.82, 2.24) is 14.9 Å². The molecule has 0 aliphatic carbocycles. The SMILES string of the molecule is Cn1ccnc1C(NC(=O)c1cccc(Oc2ccccc2)c1)c1ccc(Cl)cc1. The van der Waals surface area contributed by atoms with E-state index in [1.165, 1.54) is 0 Å². The van der Waals surface area contributed by atoms with Crippen LogP contribution in [0, 0.1) is 0 Å². The van der Waals surface area contributed by atoms with Gasteiger partial charge in [0, 0.05) is 30.0 Å². The van der Waals surface area contributed by atoms with Gasteiger partial charge in [-0.05, 0) is 48.0 Å². The van der Waals surface area contributed by atoms with Gasteiger partial charge in [-0.15, -0.1) is 0 Å². The third-order valence-electron chi connectivity index (χ3n) is 4.67. The Bertz CT molecular complexity index is 1140. The van der Waals surface area contributed by atoms with Gasteiger partial charge in [0.2, 0.25) is 0 Å². The van der Waals surface area contributed by atoms with Crippen LogP contribution in [0.5, 0.6) is 11.5 Å². The number of aryl methyl sites for hydroxylation is 1. The Morgan fingerprint density at radius 2 is 1.73 bits per heavy atom. The van der Waals surface area contributed by atoms with E-state index in [0.717, 1.165) is 11.4 Å². The van der Waals surface area contributed by atoms with Crippen molar-refractivity contribution in [3.8, 4) is 11.5 Å². The highest BCUT2D eigenvalue weighted by atomic mass is 35.5. The number of benzene rings is 3. The average Bonchev–Trinajstić information content (AvgIpc) is 3.19. The van der Waals surface area contributed by atoms with Crippen LogP contribution in [0.4, 0.5) is 0 Å². The number of carbonyl (C=O) groups excluding carboxylic acids is 1. The van der Waals surface area contributed by atoms with E-state index in [-0.39, 0.29) is 5.91 Å². The number of amides is 1. The number of hydrogen-bond donors (Lipinski definition) is 1. The van der Waals surface area contributed by atoms with Crippen molar-refractivity contribution in [2.24, 2.45) is 7.05 Å². The average molecular weight is 418 g/mol. The number of para-hydroxylation sites is 1. The summed E-state index contributed by atoms with van der Waals surface area (Å²) in [5.41, 5.74) is 1.38. The Labute approximate surface area is 179 Å². The first-order valence-corrected chi connectivity index (χ1v) is 9.84. The number of carbonyl (C=O) groups is 1. The third-order valence-corrected chi connectivity index (χ3v) is 4.92. The summed E-state index contributed by atoms with van der Waals surface area (Å²) in [5.74, 6) is 1.80. The zero-order valence-corrected chi connectivity index (χ0v) is 17.1. The number of halogens is 1. The fourth-order valence-corrected chi connectivity index (χ4v) is 3.27. The number of aromatic nitrogens is 2. The maximum atomic E-state index is 13.1. The number of rotatable bonds is 6. The van der Waals surface area contributed by atoms with Gasteiger partial charge in [0.25, 0.3) is 5.91 Å². The fraction of sp³-hybridized carbons (Fsp3) is 0.0833. The Morgan fingerprint density at radius 3 is 2.43 bits per heavy atom. The number of hydrogen-bond acceptors (Lipinski definition) is 3. The van der Waals surface area contributed by atoms with Crippen LogP contribution in [0.25, 0.3) is 0 Å². The number of ether oxygens (including phenoxy) is 1. The molecule has 0 fully saturated rings. The molecule has 0 aliphatic heterocycles. The van der Waals surface area contributed by atoms with Crippen LogP contribution in [0.3, 0.4) is 0 Å². The highest BCUT2D eigenvalue weighted by Crippen LogP contribution is 2.25. The lowest BCUT2D eigenvalue weighted by molar-refractivity contribution is 0.0941. The molecule has 4 aromatic rings. The quantitative estimate of drug-likeness (QED) is 0.458. The summed E-state index contributed by atoms with van der Waals surface area (Å²) in [6.45, 7) is 0. The van der Waals surface area contributed by atoms with E-state index in [2.05, 4.69) is 10.3 Å². The molecule has 0 bridgehead atoms. The van der Waals surface area contributed by atoms with Crippen LogP contribution in [-0.2, 0) is 7.05 Å². The lowest BCUT2D eigenvalue weighted by Crippen LogP contribution is -2.31. The summed E-state index contributed by atoms with van der Waals surface area (Å²) >= 11 is 6.04. The molecule has 4 rings (SSSR count). The summed E-state index contributed by atoms with van der Waals surface area (Å²) < 4.78 is 7.74. The molecule has 1 aromatic heterocycles. The second-order valence-corrected chi connectivity index (χ2v) is 7.23. The van der Waals surface area contributed by atoms with Gasteiger partial charge in [-0.1, -0.05) is 48.0 Å². The van der Waals surface area contributed by atoms with Crippen molar-refractivity contribution in [1.29, 1.82) is 0 Å². The van der Waals surface area contributed by atoms with E-state index >= 15 is 0 Å². The minimum atomic E-state index is -0.423. The third kappa shape index (κ3) is 4.53. The second kappa shape index (κ2) is 8.84. The fourth-order valence-electron chi connectivity index (χ4n) is 3.15. The van der Waals surface area contributed by atoms with Gasteiger partial charge in [0.15, 0.2) is 0 Å². The number of nitrogens with one attached hydrogen (secondary N) is 1. The van der Waals surface area contributed by atoms with Crippen molar-refractivity contribution < 1.29 is 9.53 Å². The monoisotopic (exact) mass is 417 g/mol. The highest BCUT2D eigenvalue weighted by Gasteiger charge is 2.21. The van der Waals surface area contributed by atoms with E-state index in [0.29, 0.717) is 22.1 Å². The standard InChI is InChI=1S/C24H20ClN3O2/c1-28-15-14-26-23(28)22(17-10-12-19(25)13-11-17)27-24(29)18-6-5-9-21(16-18)30-20-7-3-2-4-8-20/h2-16,22H,1H3,(H,27,29). The lowest BCUT2D eigenvalue weighted by Gasteiger charge is -2.19. The number of imidazole rings is 1. The summed E-state index contributed by atoms with van der Waals surface area (Å²) in [6, 6.07) is 23.5. The molecule has 1 amide bonds. The predicted molar refractivity (Wildman–Crippen MR) is 117 cm³/mol. The zero-order valence-electron chi connectivity index (χ0n) is 16.3. The second-order valence-electron chi connectivity index (χ2n) is 6.80. The molecule has 1 unspecified atom stereocenters. The summed E-state index contributed by atoms with van der Waals surface area (Å²) in [4.78, 5) is 17.5. The van der Waals surface area contributed by atoms with E-state index in [9.17, 15) is 4.79 Å². The molecule has 6 heteroatoms. The van der Waals surface area contributed by atoms with Crippen LogP contribution in [0.15, 0.2) is 91.3 Å².